The fourth-order valence-electron chi connectivity index (χ4n) is 6.60. The average molecular weight is 824 g/mol. The fraction of sp³-hybridized carbons (Fsp3) is 0.225. The van der Waals surface area contributed by atoms with Crippen LogP contribution in [-0.2, 0) is 39.5 Å². The topological polar surface area (TPSA) is 220 Å². The molecule has 0 saturated heterocycles. The number of sulfone groups is 1. The summed E-state index contributed by atoms with van der Waals surface area (Å²) >= 11 is 0. The minimum atomic E-state index is -4.78. The van der Waals surface area contributed by atoms with Crippen molar-refractivity contribution in [2.45, 2.75) is 35.8 Å². The Morgan fingerprint density at radius 3 is 1.88 bits per heavy atom. The quantitative estimate of drug-likeness (QED) is 0.144. The molecule has 2 aliphatic rings. The third-order valence-electron chi connectivity index (χ3n) is 9.54. The number of allylic oxidation sites excluding steroid dienone is 4. The van der Waals surface area contributed by atoms with Crippen LogP contribution in [0.3, 0.4) is 0 Å². The molecule has 0 unspecified atom stereocenters. The standard InChI is InChI=1S/C40H41N9O7S2/c1-54-30-11-4-26(5-12-30)23-48(24-27-6-13-31(55-2)14-7-27)58(52,53)38-36(57(50,51)21-20-41)19-17-33(29-10-18-34-35(22-29)44-40(42)43-34)37(38)39-45-47-49(46-39)25-28-8-15-32(56-3)16-9-28/h4-17,19,22H,18,20-21,23-25,41H2,1-3H3,(H2,42,44). The van der Waals surface area contributed by atoms with Crippen molar-refractivity contribution in [1.29, 1.82) is 0 Å². The number of rotatable bonds is 16. The van der Waals surface area contributed by atoms with Gasteiger partial charge >= 0.3 is 0 Å². The smallest absolute Gasteiger partial charge is 0.245 e. The number of aliphatic imine (C=N–C) groups is 2. The Labute approximate surface area is 336 Å². The molecule has 0 bridgehead atoms. The van der Waals surface area contributed by atoms with Crippen LogP contribution in [0.2, 0.25) is 0 Å². The summed E-state index contributed by atoms with van der Waals surface area (Å²) in [5.41, 5.74) is 15.7. The molecule has 18 heteroatoms. The first-order valence-corrected chi connectivity index (χ1v) is 21.1. The number of sulfonamides is 1. The molecule has 0 fully saturated rings. The zero-order chi connectivity index (χ0) is 41.0. The Balaban J connectivity index is 1.46. The van der Waals surface area contributed by atoms with E-state index in [9.17, 15) is 8.42 Å². The highest BCUT2D eigenvalue weighted by atomic mass is 32.2. The lowest BCUT2D eigenvalue weighted by Gasteiger charge is -2.26. The molecule has 0 radical (unpaired) electrons. The largest absolute Gasteiger partial charge is 0.497 e. The van der Waals surface area contributed by atoms with Crippen LogP contribution in [0.15, 0.2) is 123 Å². The molecule has 5 aromatic rings. The van der Waals surface area contributed by atoms with Crippen LogP contribution in [0.4, 0.5) is 0 Å². The van der Waals surface area contributed by atoms with Gasteiger partial charge in [0.05, 0.1) is 55.5 Å². The molecule has 2 heterocycles. The summed E-state index contributed by atoms with van der Waals surface area (Å²) in [5.74, 6) is 1.28. The maximum Gasteiger partial charge on any atom is 0.245 e. The summed E-state index contributed by atoms with van der Waals surface area (Å²) in [6.45, 7) is -0.371. The van der Waals surface area contributed by atoms with E-state index in [0.29, 0.717) is 57.3 Å². The molecule has 4 N–H and O–H groups in total. The number of guanidine groups is 1. The number of ether oxygens (including phenoxy) is 3. The number of fused-ring (bicyclic) bond motifs is 1. The van der Waals surface area contributed by atoms with Crippen LogP contribution in [0, 0.1) is 0 Å². The van der Waals surface area contributed by atoms with Crippen molar-refractivity contribution in [2.75, 3.05) is 33.6 Å². The zero-order valence-corrected chi connectivity index (χ0v) is 33.6. The molecule has 1 aliphatic heterocycles. The lowest BCUT2D eigenvalue weighted by molar-refractivity contribution is 0.396. The van der Waals surface area contributed by atoms with Gasteiger partial charge in [-0.2, -0.15) is 9.10 Å². The SMILES string of the molecule is COc1ccc(CN(Cc2ccc(OC)cc2)S(=O)(=O)c2c(S(=O)(=O)CCN)ccc(C3=CCC4=NC(N)=NC4=C3)c2-c2nnn(Cc3ccc(OC)cc3)n2)cc1. The highest BCUT2D eigenvalue weighted by Gasteiger charge is 2.38. The summed E-state index contributed by atoms with van der Waals surface area (Å²) in [5, 5.41) is 13.3. The van der Waals surface area contributed by atoms with Gasteiger partial charge in [0.1, 0.15) is 22.1 Å². The van der Waals surface area contributed by atoms with E-state index in [1.807, 2.05) is 18.2 Å². The fourth-order valence-corrected chi connectivity index (χ4v) is 10.2. The molecule has 0 amide bonds. The molecule has 16 nitrogen and oxygen atoms in total. The van der Waals surface area contributed by atoms with Crippen LogP contribution in [0.5, 0.6) is 17.2 Å². The first-order valence-electron chi connectivity index (χ1n) is 18.0. The van der Waals surface area contributed by atoms with Crippen LogP contribution in [0.25, 0.3) is 17.0 Å². The highest BCUT2D eigenvalue weighted by molar-refractivity contribution is 7.93. The average Bonchev–Trinajstić information content (AvgIpc) is 3.85. The van der Waals surface area contributed by atoms with Gasteiger partial charge in [0, 0.05) is 26.1 Å². The molecule has 1 aliphatic carbocycles. The van der Waals surface area contributed by atoms with Crippen LogP contribution < -0.4 is 25.7 Å². The normalized spacial score (nSPS) is 14.0. The maximum atomic E-state index is 15.7. The summed E-state index contributed by atoms with van der Waals surface area (Å²) < 4.78 is 76.9. The van der Waals surface area contributed by atoms with Gasteiger partial charge in [-0.05, 0) is 81.6 Å². The van der Waals surface area contributed by atoms with Crippen molar-refractivity contribution in [3.8, 4) is 28.6 Å². The zero-order valence-electron chi connectivity index (χ0n) is 31.9. The van der Waals surface area contributed by atoms with E-state index in [-0.39, 0.29) is 43.5 Å². The molecule has 1 aromatic heterocycles. The summed E-state index contributed by atoms with van der Waals surface area (Å²) in [4.78, 5) is 8.99. The minimum Gasteiger partial charge on any atom is -0.497 e. The molecule has 7 rings (SSSR count). The van der Waals surface area contributed by atoms with Crippen molar-refractivity contribution < 1.29 is 31.0 Å². The molecule has 0 spiro atoms. The van der Waals surface area contributed by atoms with Gasteiger partial charge in [0.15, 0.2) is 9.84 Å². The predicted molar refractivity (Wildman–Crippen MR) is 219 cm³/mol. The second kappa shape index (κ2) is 16.7. The number of hydrogen-bond acceptors (Lipinski definition) is 14. The van der Waals surface area contributed by atoms with Crippen LogP contribution >= 0.6 is 0 Å². The summed E-state index contributed by atoms with van der Waals surface area (Å²) in [6.07, 6.45) is 3.90. The molecular weight excluding hydrogens is 783 g/mol. The van der Waals surface area contributed by atoms with E-state index >= 15 is 8.42 Å². The number of aromatic nitrogens is 4. The third kappa shape index (κ3) is 8.40. The molecule has 0 atom stereocenters. The van der Waals surface area contributed by atoms with Crippen LogP contribution in [-0.4, -0.2) is 86.6 Å². The number of nitrogens with zero attached hydrogens (tertiary/aromatic N) is 7. The lowest BCUT2D eigenvalue weighted by Crippen LogP contribution is -2.32. The second-order valence-electron chi connectivity index (χ2n) is 13.3. The molecule has 0 saturated carbocycles. The monoisotopic (exact) mass is 823 g/mol. The van der Waals surface area contributed by atoms with Gasteiger partial charge in [-0.3, -0.25) is 0 Å². The lowest BCUT2D eigenvalue weighted by atomic mass is 9.93. The molecule has 58 heavy (non-hydrogen) atoms. The predicted octanol–water partition coefficient (Wildman–Crippen LogP) is 3.98. The first kappa shape index (κ1) is 40.0. The van der Waals surface area contributed by atoms with Gasteiger partial charge < -0.3 is 25.7 Å². The van der Waals surface area contributed by atoms with Gasteiger partial charge in [-0.25, -0.2) is 26.8 Å². The number of hydrogen-bond donors (Lipinski definition) is 2. The number of benzene rings is 4. The van der Waals surface area contributed by atoms with Gasteiger partial charge in [0.25, 0.3) is 0 Å². The van der Waals surface area contributed by atoms with E-state index in [1.165, 1.54) is 29.4 Å². The van der Waals surface area contributed by atoms with E-state index < -0.39 is 35.4 Å². The van der Waals surface area contributed by atoms with Crippen molar-refractivity contribution in [1.82, 2.24) is 24.5 Å². The van der Waals surface area contributed by atoms with Crippen molar-refractivity contribution >= 4 is 37.1 Å². The Morgan fingerprint density at radius 2 is 1.33 bits per heavy atom. The Bertz CT molecular complexity index is 2620. The highest BCUT2D eigenvalue weighted by Crippen LogP contribution is 2.41. The van der Waals surface area contributed by atoms with Gasteiger partial charge in [0.2, 0.25) is 21.8 Å². The van der Waals surface area contributed by atoms with E-state index in [0.717, 1.165) is 5.56 Å². The van der Waals surface area contributed by atoms with Crippen molar-refractivity contribution in [3.63, 3.8) is 0 Å². The number of nitrogens with two attached hydrogens (primary N) is 2. The molecular formula is C40H41N9O7S2. The molecule has 4 aromatic carbocycles. The number of tetrazole rings is 1. The third-order valence-corrected chi connectivity index (χ3v) is 13.3. The van der Waals surface area contributed by atoms with Gasteiger partial charge in [-0.15, -0.1) is 10.2 Å². The summed E-state index contributed by atoms with van der Waals surface area (Å²) in [7, 11) is -4.46. The first-order chi connectivity index (χ1) is 27.9. The van der Waals surface area contributed by atoms with E-state index in [4.69, 9.17) is 25.7 Å². The minimum absolute atomic E-state index is 0.0630. The summed E-state index contributed by atoms with van der Waals surface area (Å²) in [6, 6.07) is 24.0. The van der Waals surface area contributed by atoms with E-state index in [1.54, 1.807) is 79.9 Å². The Hall–Kier alpha value is -6.21. The van der Waals surface area contributed by atoms with E-state index in [2.05, 4.69) is 25.4 Å². The van der Waals surface area contributed by atoms with Crippen LogP contribution in [0.1, 0.15) is 28.7 Å². The maximum absolute atomic E-state index is 15.7. The van der Waals surface area contributed by atoms with Crippen molar-refractivity contribution in [2.24, 2.45) is 21.5 Å². The number of methoxy groups -OCH3 is 3. The Kier molecular flexibility index (Phi) is 11.5. The van der Waals surface area contributed by atoms with Crippen molar-refractivity contribution in [3.05, 3.63) is 125 Å². The second-order valence-corrected chi connectivity index (χ2v) is 17.3. The molecule has 300 valence electrons. The van der Waals surface area contributed by atoms with Gasteiger partial charge in [-0.1, -0.05) is 48.5 Å². The Morgan fingerprint density at radius 1 is 0.759 bits per heavy atom.